The van der Waals surface area contributed by atoms with E-state index in [0.717, 1.165) is 47.7 Å². The largest absolute Gasteiger partial charge is 0.496 e. The second-order valence-electron chi connectivity index (χ2n) is 4.99. The first-order chi connectivity index (χ1) is 11.8. The molecule has 2 rings (SSSR count). The van der Waals surface area contributed by atoms with Crippen molar-refractivity contribution in [1.82, 2.24) is 15.6 Å². The van der Waals surface area contributed by atoms with E-state index < -0.39 is 0 Å². The number of thiazole rings is 1. The maximum Gasteiger partial charge on any atom is 0.190 e. The second kappa shape index (κ2) is 10.9. The minimum Gasteiger partial charge on any atom is -0.496 e. The Balaban J connectivity index is 1.61. The van der Waals surface area contributed by atoms with Crippen LogP contribution in [0.15, 0.2) is 45.2 Å². The molecule has 130 valence electrons. The van der Waals surface area contributed by atoms with E-state index in [4.69, 9.17) is 4.74 Å². The number of aliphatic imine (C=N–C) groups is 1. The average Bonchev–Trinajstić information content (AvgIpc) is 3.13. The van der Waals surface area contributed by atoms with Gasteiger partial charge in [0.05, 0.1) is 7.11 Å². The first kappa shape index (κ1) is 18.6. The SMILES string of the molecule is CN=C(NCCCSc1nccs1)NCCc1ccccc1OC. The molecule has 0 atom stereocenters. The van der Waals surface area contributed by atoms with E-state index in [1.807, 2.05) is 29.8 Å². The molecule has 0 aliphatic rings. The van der Waals surface area contributed by atoms with Crippen LogP contribution in [0.3, 0.4) is 0 Å². The number of nitrogens with one attached hydrogen (secondary N) is 2. The number of hydrogen-bond acceptors (Lipinski definition) is 5. The van der Waals surface area contributed by atoms with Gasteiger partial charge in [0.2, 0.25) is 0 Å². The molecule has 0 unspecified atom stereocenters. The van der Waals surface area contributed by atoms with Gasteiger partial charge in [-0.2, -0.15) is 0 Å². The van der Waals surface area contributed by atoms with E-state index in [0.29, 0.717) is 0 Å². The molecule has 0 aliphatic carbocycles. The first-order valence-corrected chi connectivity index (χ1v) is 9.78. The molecule has 0 bridgehead atoms. The normalized spacial score (nSPS) is 11.3. The van der Waals surface area contributed by atoms with E-state index in [1.165, 1.54) is 5.56 Å². The van der Waals surface area contributed by atoms with Crippen LogP contribution in [-0.2, 0) is 6.42 Å². The van der Waals surface area contributed by atoms with Gasteiger partial charge in [0.25, 0.3) is 0 Å². The highest BCUT2D eigenvalue weighted by Crippen LogP contribution is 2.20. The monoisotopic (exact) mass is 364 g/mol. The molecular weight excluding hydrogens is 340 g/mol. The Morgan fingerprint density at radius 2 is 2.12 bits per heavy atom. The van der Waals surface area contributed by atoms with Crippen LogP contribution in [0.1, 0.15) is 12.0 Å². The molecule has 0 spiro atoms. The zero-order valence-corrected chi connectivity index (χ0v) is 15.8. The smallest absolute Gasteiger partial charge is 0.190 e. The third-order valence-corrected chi connectivity index (χ3v) is 5.40. The Bertz CT molecular complexity index is 617. The summed E-state index contributed by atoms with van der Waals surface area (Å²) in [6.07, 6.45) is 3.81. The lowest BCUT2D eigenvalue weighted by molar-refractivity contribution is 0.409. The Labute approximate surface area is 151 Å². The fraction of sp³-hybridized carbons (Fsp3) is 0.412. The molecule has 0 saturated carbocycles. The molecule has 1 heterocycles. The number of guanidine groups is 1. The molecule has 1 aromatic carbocycles. The lowest BCUT2D eigenvalue weighted by Gasteiger charge is -2.13. The van der Waals surface area contributed by atoms with Crippen molar-refractivity contribution >= 4 is 29.1 Å². The van der Waals surface area contributed by atoms with Crippen molar-refractivity contribution in [3.05, 3.63) is 41.4 Å². The summed E-state index contributed by atoms with van der Waals surface area (Å²) in [5, 5.41) is 8.69. The van der Waals surface area contributed by atoms with Gasteiger partial charge >= 0.3 is 0 Å². The first-order valence-electron chi connectivity index (χ1n) is 7.92. The Hall–Kier alpha value is -1.73. The summed E-state index contributed by atoms with van der Waals surface area (Å²) in [6.45, 7) is 1.71. The van der Waals surface area contributed by atoms with Crippen molar-refractivity contribution in [3.63, 3.8) is 0 Å². The van der Waals surface area contributed by atoms with Gasteiger partial charge in [-0.15, -0.1) is 11.3 Å². The van der Waals surface area contributed by atoms with Gasteiger partial charge in [0, 0.05) is 37.5 Å². The van der Waals surface area contributed by atoms with E-state index in [2.05, 4.69) is 26.7 Å². The number of methoxy groups -OCH3 is 1. The quantitative estimate of drug-likeness (QED) is 0.310. The lowest BCUT2D eigenvalue weighted by Crippen LogP contribution is -2.38. The third kappa shape index (κ3) is 6.41. The molecule has 24 heavy (non-hydrogen) atoms. The minimum absolute atomic E-state index is 0.813. The van der Waals surface area contributed by atoms with Gasteiger partial charge < -0.3 is 15.4 Å². The second-order valence-corrected chi connectivity index (χ2v) is 7.22. The van der Waals surface area contributed by atoms with Gasteiger partial charge in [0.15, 0.2) is 5.96 Å². The summed E-state index contributed by atoms with van der Waals surface area (Å²) >= 11 is 3.49. The number of ether oxygens (including phenoxy) is 1. The maximum absolute atomic E-state index is 5.37. The highest BCUT2D eigenvalue weighted by molar-refractivity contribution is 8.00. The summed E-state index contributed by atoms with van der Waals surface area (Å²) in [5.41, 5.74) is 1.20. The fourth-order valence-electron chi connectivity index (χ4n) is 2.17. The van der Waals surface area contributed by atoms with E-state index in [9.17, 15) is 0 Å². The highest BCUT2D eigenvalue weighted by atomic mass is 32.2. The summed E-state index contributed by atoms with van der Waals surface area (Å²) in [4.78, 5) is 8.52. The summed E-state index contributed by atoms with van der Waals surface area (Å²) in [7, 11) is 3.50. The highest BCUT2D eigenvalue weighted by Gasteiger charge is 2.02. The number of benzene rings is 1. The molecule has 0 radical (unpaired) electrons. The molecule has 0 amide bonds. The molecule has 2 aromatic rings. The van der Waals surface area contributed by atoms with Gasteiger partial charge in [-0.25, -0.2) is 4.98 Å². The van der Waals surface area contributed by atoms with Gasteiger partial charge in [0.1, 0.15) is 10.1 Å². The molecule has 0 aliphatic heterocycles. The van der Waals surface area contributed by atoms with Gasteiger partial charge in [-0.1, -0.05) is 30.0 Å². The zero-order valence-electron chi connectivity index (χ0n) is 14.1. The fourth-order valence-corrected chi connectivity index (χ4v) is 3.81. The number of aromatic nitrogens is 1. The summed E-state index contributed by atoms with van der Waals surface area (Å²) in [5.74, 6) is 2.82. The van der Waals surface area contributed by atoms with Crippen LogP contribution in [0.2, 0.25) is 0 Å². The number of para-hydroxylation sites is 1. The van der Waals surface area contributed by atoms with Crippen LogP contribution in [0.5, 0.6) is 5.75 Å². The Morgan fingerprint density at radius 3 is 2.88 bits per heavy atom. The molecular formula is C17H24N4OS2. The molecule has 1 aromatic heterocycles. The predicted octanol–water partition coefficient (Wildman–Crippen LogP) is 3.04. The van der Waals surface area contributed by atoms with Crippen molar-refractivity contribution in [2.24, 2.45) is 4.99 Å². The zero-order chi connectivity index (χ0) is 17.0. The van der Waals surface area contributed by atoms with Gasteiger partial charge in [-0.3, -0.25) is 4.99 Å². The van der Waals surface area contributed by atoms with Gasteiger partial charge in [-0.05, 0) is 24.5 Å². The number of hydrogen-bond donors (Lipinski definition) is 2. The third-order valence-electron chi connectivity index (χ3n) is 3.35. The predicted molar refractivity (Wildman–Crippen MR) is 104 cm³/mol. The molecule has 7 heteroatoms. The van der Waals surface area contributed by atoms with Crippen LogP contribution >= 0.6 is 23.1 Å². The Morgan fingerprint density at radius 1 is 1.29 bits per heavy atom. The average molecular weight is 365 g/mol. The van der Waals surface area contributed by atoms with E-state index in [-0.39, 0.29) is 0 Å². The Kier molecular flexibility index (Phi) is 8.48. The van der Waals surface area contributed by atoms with Crippen molar-refractivity contribution in [3.8, 4) is 5.75 Å². The maximum atomic E-state index is 5.37. The van der Waals surface area contributed by atoms with E-state index >= 15 is 0 Å². The number of thioether (sulfide) groups is 1. The lowest BCUT2D eigenvalue weighted by atomic mass is 10.1. The van der Waals surface area contributed by atoms with Crippen molar-refractivity contribution < 1.29 is 4.74 Å². The van der Waals surface area contributed by atoms with Crippen molar-refractivity contribution in [2.45, 2.75) is 17.2 Å². The molecule has 2 N–H and O–H groups in total. The van der Waals surface area contributed by atoms with Crippen molar-refractivity contribution in [2.75, 3.05) is 33.0 Å². The van der Waals surface area contributed by atoms with Crippen LogP contribution in [0.4, 0.5) is 0 Å². The molecule has 0 fully saturated rings. The van der Waals surface area contributed by atoms with Crippen LogP contribution in [0.25, 0.3) is 0 Å². The van der Waals surface area contributed by atoms with Crippen molar-refractivity contribution in [1.29, 1.82) is 0 Å². The number of nitrogens with zero attached hydrogens (tertiary/aromatic N) is 2. The molecule has 0 saturated heterocycles. The topological polar surface area (TPSA) is 58.5 Å². The van der Waals surface area contributed by atoms with E-state index in [1.54, 1.807) is 37.3 Å². The summed E-state index contributed by atoms with van der Waals surface area (Å²) < 4.78 is 6.51. The standard InChI is InChI=1S/C17H24N4OS2/c1-18-16(19-9-5-12-23-17-21-11-13-24-17)20-10-8-14-6-3-4-7-15(14)22-2/h3-4,6-7,11,13H,5,8-10,12H2,1-2H3,(H2,18,19,20). The molecule has 5 nitrogen and oxygen atoms in total. The van der Waals surface area contributed by atoms with Crippen LogP contribution in [-0.4, -0.2) is 43.9 Å². The summed E-state index contributed by atoms with van der Waals surface area (Å²) in [6, 6.07) is 8.10. The minimum atomic E-state index is 0.813. The van der Waals surface area contributed by atoms with Crippen LogP contribution < -0.4 is 15.4 Å². The van der Waals surface area contributed by atoms with Crippen LogP contribution in [0, 0.1) is 0 Å². The number of rotatable bonds is 9.